The van der Waals surface area contributed by atoms with Crippen LogP contribution in [0.2, 0.25) is 0 Å². The van der Waals surface area contributed by atoms with Crippen LogP contribution in [0.3, 0.4) is 0 Å². The summed E-state index contributed by atoms with van der Waals surface area (Å²) >= 11 is 0. The predicted octanol–water partition coefficient (Wildman–Crippen LogP) is 11.3. The maximum absolute atomic E-state index is 13.5. The Morgan fingerprint density at radius 2 is 0.991 bits per heavy atom. The number of anilines is 3. The Bertz CT molecular complexity index is 4860. The fourth-order valence-electron chi connectivity index (χ4n) is 15.1. The molecule has 0 radical (unpaired) electrons. The Hall–Kier alpha value is -8.99. The summed E-state index contributed by atoms with van der Waals surface area (Å²) in [5.41, 5.74) is 9.27. The number of nitrogens with zero attached hydrogens (tertiary/aromatic N) is 17. The van der Waals surface area contributed by atoms with E-state index in [1.54, 1.807) is 60.3 Å². The quantitative estimate of drug-likeness (QED) is 0.0367. The molecular weight excluding hydrogens is 1440 g/mol. The predicted molar refractivity (Wildman–Crippen MR) is 413 cm³/mol. The van der Waals surface area contributed by atoms with Crippen LogP contribution in [0.4, 0.5) is 31.0 Å². The number of carbonyl (C=O) groups excluding carboxylic acids is 1. The number of piperazine rings is 1. The highest BCUT2D eigenvalue weighted by molar-refractivity contribution is 7.90. The van der Waals surface area contributed by atoms with Crippen LogP contribution in [0.1, 0.15) is 186 Å². The zero-order chi connectivity index (χ0) is 77.9. The number of halogens is 3. The van der Waals surface area contributed by atoms with Gasteiger partial charge in [-0.05, 0) is 175 Å². The van der Waals surface area contributed by atoms with Gasteiger partial charge in [0.2, 0.25) is 29.6 Å². The van der Waals surface area contributed by atoms with Gasteiger partial charge in [0.25, 0.3) is 0 Å². The van der Waals surface area contributed by atoms with Gasteiger partial charge in [-0.3, -0.25) is 14.2 Å². The molecule has 3 atom stereocenters. The average Bonchev–Trinajstić information content (AvgIpc) is 1.62. The number of hydrogen-bond donors (Lipinski definition) is 6. The summed E-state index contributed by atoms with van der Waals surface area (Å²) in [5.74, 6) is 3.24. The largest absolute Gasteiger partial charge is 0.443 e. The summed E-state index contributed by atoms with van der Waals surface area (Å²) in [4.78, 5) is 39.4. The standard InChI is InChI=1S/C28H39F3N8O2.C26H35N7O3.C22H29N5O4S.CH4/c1-18(14-28(29,30)31)34-26-32-16-24-22(13-23(39(24)35-26)19-5-7-21(40)8-6-19)20-15-33-38(17-20)27(2,3)25(41)37-11-9-36(4)10-12-37;1-16(15-35-5)30-25-28-13-23-21(10-22(33(23)31-25)18-6-8-20(34)9-7-18)19-12-29-32(14-19)26(3,4)24-27-11-17(2)36-24;1-14(13-31-2)25-22-24-12-20-18(16-8-9-23-21(10-16)32(3,29)30)11-19(27(20)26-22)15-4-6-17(28)7-5-15;/h13,15-19,21,40H,5-12,14H2,1-4H3,(H,34,35);10-14,16,18,20,34H,6-9,15H2,1-5H3,(H,30,31);8-12,14-15,17,28H,4-7,13H2,1-3H3,(H,25,26);1H4/t18-,19?,21?;16-,18?,20?;14-,15?,17?;/m000./s1. The van der Waals surface area contributed by atoms with Gasteiger partial charge in [-0.15, -0.1) is 15.3 Å². The highest BCUT2D eigenvalue weighted by Gasteiger charge is 2.38. The number of aryl methyl sites for hydroxylation is 1. The summed E-state index contributed by atoms with van der Waals surface area (Å²) in [6, 6.07) is 8.92. The van der Waals surface area contributed by atoms with Gasteiger partial charge in [0.15, 0.2) is 14.9 Å². The Morgan fingerprint density at radius 1 is 0.582 bits per heavy atom. The Morgan fingerprint density at radius 3 is 1.39 bits per heavy atom. The van der Waals surface area contributed by atoms with Gasteiger partial charge >= 0.3 is 6.18 Å². The van der Waals surface area contributed by atoms with Crippen molar-refractivity contribution in [1.82, 2.24) is 83.1 Å². The number of alkyl halides is 3. The molecule has 0 spiro atoms. The van der Waals surface area contributed by atoms with Crippen LogP contribution < -0.4 is 16.0 Å². The zero-order valence-corrected chi connectivity index (χ0v) is 65.0. The van der Waals surface area contributed by atoms with Crippen molar-refractivity contribution in [3.05, 3.63) is 115 Å². The number of sulfone groups is 1. The van der Waals surface area contributed by atoms with E-state index in [2.05, 4.69) is 73.2 Å². The maximum Gasteiger partial charge on any atom is 0.391 e. The minimum Gasteiger partial charge on any atom is -0.443 e. The molecule has 1 aliphatic heterocycles. The van der Waals surface area contributed by atoms with Crippen molar-refractivity contribution in [3.8, 4) is 33.4 Å². The molecule has 596 valence electrons. The molecular formula is C77H107F3N20O9S. The number of oxazole rings is 1. The Kier molecular flexibility index (Phi) is 25.6. The van der Waals surface area contributed by atoms with Gasteiger partial charge in [0.1, 0.15) is 16.8 Å². The van der Waals surface area contributed by atoms with Crippen molar-refractivity contribution in [1.29, 1.82) is 0 Å². The third-order valence-electron chi connectivity index (χ3n) is 21.3. The third kappa shape index (κ3) is 19.0. The van der Waals surface area contributed by atoms with Crippen LogP contribution in [0, 0.1) is 6.92 Å². The van der Waals surface area contributed by atoms with Crippen molar-refractivity contribution < 1.29 is 55.6 Å². The molecule has 1 amide bonds. The first-order valence-corrected chi connectivity index (χ1v) is 39.5. The lowest BCUT2D eigenvalue weighted by molar-refractivity contribution is -0.141. The first-order chi connectivity index (χ1) is 51.8. The van der Waals surface area contributed by atoms with E-state index >= 15 is 0 Å². The SMILES string of the molecule is C.COC[C@H](C)Nc1ncc2c(-c3ccnc(S(C)(=O)=O)c3)cc(C3CCC(O)CC3)n2n1.COC[C@H](C)Nc1ncc2c(-c3cnn(C(C)(C)c4ncc(C)o4)c3)cc(C3CCC(O)CC3)n2n1.C[C@@H](CC(F)(F)F)Nc1ncc2c(-c3cnn(C(C)(C)C(=O)N4CCN(C)CC4)c3)cc(C3CCC(O)CC3)n2n1. The highest BCUT2D eigenvalue weighted by atomic mass is 32.2. The van der Waals surface area contributed by atoms with E-state index < -0.39 is 39.6 Å². The smallest absolute Gasteiger partial charge is 0.391 e. The normalized spacial score (nSPS) is 20.5. The number of hydrogen-bond acceptors (Lipinski definition) is 23. The average molecular weight is 1550 g/mol. The molecule has 6 N–H and O–H groups in total. The van der Waals surface area contributed by atoms with Crippen LogP contribution >= 0.6 is 0 Å². The van der Waals surface area contributed by atoms with Crippen molar-refractivity contribution in [2.75, 3.05) is 82.9 Å². The van der Waals surface area contributed by atoms with E-state index in [1.807, 2.05) is 105 Å². The fourth-order valence-corrected chi connectivity index (χ4v) is 15.7. The second-order valence-corrected chi connectivity index (χ2v) is 32.9. The Balaban J connectivity index is 0.000000164. The molecule has 10 aromatic heterocycles. The monoisotopic (exact) mass is 1540 g/mol. The Labute approximate surface area is 639 Å². The summed E-state index contributed by atoms with van der Waals surface area (Å²) in [6.45, 7) is 19.3. The number of likely N-dealkylation sites (N-methyl/N-ethyl adjacent to an activating group) is 1. The minimum absolute atomic E-state index is 0. The van der Waals surface area contributed by atoms with Crippen LogP contribution in [0.5, 0.6) is 0 Å². The second kappa shape index (κ2) is 34.3. The van der Waals surface area contributed by atoms with E-state index in [4.69, 9.17) is 24.1 Å². The summed E-state index contributed by atoms with van der Waals surface area (Å²) < 4.78 is 88.3. The molecule has 29 nitrogen and oxygen atoms in total. The number of nitrogens with one attached hydrogen (secondary N) is 3. The van der Waals surface area contributed by atoms with E-state index in [1.165, 1.54) is 13.1 Å². The van der Waals surface area contributed by atoms with Crippen molar-refractivity contribution in [2.24, 2.45) is 0 Å². The van der Waals surface area contributed by atoms with E-state index in [0.717, 1.165) is 151 Å². The van der Waals surface area contributed by atoms with Crippen molar-refractivity contribution in [2.45, 2.75) is 223 Å². The number of fused-ring (bicyclic) bond motifs is 3. The topological polar surface area (TPSA) is 338 Å². The van der Waals surface area contributed by atoms with Gasteiger partial charge in [0, 0.05) is 146 Å². The van der Waals surface area contributed by atoms with Crippen LogP contribution in [-0.2, 0) is 35.2 Å². The van der Waals surface area contributed by atoms with Gasteiger partial charge < -0.3 is 55.0 Å². The molecule has 1 saturated heterocycles. The number of aromatic nitrogens is 15. The van der Waals surface area contributed by atoms with Gasteiger partial charge in [0.05, 0.1) is 91.7 Å². The second-order valence-electron chi connectivity index (χ2n) is 31.0. The van der Waals surface area contributed by atoms with Crippen LogP contribution in [0.15, 0.2) is 95.5 Å². The molecule has 110 heavy (non-hydrogen) atoms. The summed E-state index contributed by atoms with van der Waals surface area (Å²) in [5, 5.41) is 62.9. The number of methoxy groups -OCH3 is 2. The van der Waals surface area contributed by atoms with Crippen molar-refractivity contribution >= 4 is 50.1 Å². The lowest BCUT2D eigenvalue weighted by Gasteiger charge is -2.37. The first-order valence-electron chi connectivity index (χ1n) is 37.6. The molecule has 0 aromatic carbocycles. The third-order valence-corrected chi connectivity index (χ3v) is 22.3. The minimum atomic E-state index is -4.30. The van der Waals surface area contributed by atoms with Gasteiger partial charge in [-0.1, -0.05) is 7.43 Å². The molecule has 0 unspecified atom stereocenters. The number of pyridine rings is 1. The first kappa shape index (κ1) is 82.0. The van der Waals surface area contributed by atoms with E-state index in [9.17, 15) is 41.7 Å². The molecule has 4 aliphatic rings. The lowest BCUT2D eigenvalue weighted by atomic mass is 9.85. The number of carbonyl (C=O) groups is 1. The van der Waals surface area contributed by atoms with Crippen LogP contribution in [0.25, 0.3) is 49.9 Å². The van der Waals surface area contributed by atoms with Gasteiger partial charge in [-0.25, -0.2) is 46.9 Å². The van der Waals surface area contributed by atoms with Crippen LogP contribution in [-0.4, -0.2) is 222 Å². The maximum atomic E-state index is 13.5. The number of rotatable bonds is 22. The lowest BCUT2D eigenvalue weighted by Crippen LogP contribution is -2.54. The molecule has 14 rings (SSSR count). The molecule has 0 bridgehead atoms. The molecule has 33 heteroatoms. The zero-order valence-electron chi connectivity index (χ0n) is 64.1. The van der Waals surface area contributed by atoms with E-state index in [-0.39, 0.29) is 66.5 Å². The van der Waals surface area contributed by atoms with Crippen molar-refractivity contribution in [3.63, 3.8) is 0 Å². The summed E-state index contributed by atoms with van der Waals surface area (Å²) in [7, 11) is 1.94. The number of amides is 1. The number of aliphatic hydroxyl groups excluding tert-OH is 3. The van der Waals surface area contributed by atoms with Gasteiger partial charge in [-0.2, -0.15) is 23.4 Å². The molecule has 10 aromatic rings. The fraction of sp³-hybridized carbons (Fsp3) is 0.571. The summed E-state index contributed by atoms with van der Waals surface area (Å²) in [6.07, 6.45) is 20.6. The van der Waals surface area contributed by atoms with E-state index in [0.29, 0.717) is 68.4 Å². The molecule has 4 fully saturated rings. The molecule has 11 heterocycles. The number of ether oxygens (including phenoxy) is 2. The molecule has 3 aliphatic carbocycles. The highest BCUT2D eigenvalue weighted by Crippen LogP contribution is 2.42. The molecule has 3 saturated carbocycles. The number of aliphatic hydroxyl groups is 3.